The SMILES string of the molecule is CC1(C)CC(NC(=O)C2Cc3nc[nH]c3CN2)CCO1. The van der Waals surface area contributed by atoms with Gasteiger partial charge < -0.3 is 15.0 Å². The van der Waals surface area contributed by atoms with Crippen molar-refractivity contribution in [2.45, 2.75) is 57.3 Å². The van der Waals surface area contributed by atoms with Gasteiger partial charge in [-0.2, -0.15) is 0 Å². The van der Waals surface area contributed by atoms with E-state index in [2.05, 4.69) is 34.4 Å². The van der Waals surface area contributed by atoms with Crippen LogP contribution in [0.25, 0.3) is 0 Å². The Balaban J connectivity index is 1.57. The minimum Gasteiger partial charge on any atom is -0.375 e. The quantitative estimate of drug-likeness (QED) is 0.736. The van der Waals surface area contributed by atoms with Crippen molar-refractivity contribution in [2.24, 2.45) is 0 Å². The molecular weight excluding hydrogens is 256 g/mol. The third-order valence-electron chi connectivity index (χ3n) is 4.09. The average Bonchev–Trinajstić information content (AvgIpc) is 2.84. The molecule has 6 heteroatoms. The van der Waals surface area contributed by atoms with E-state index in [9.17, 15) is 4.79 Å². The van der Waals surface area contributed by atoms with Crippen LogP contribution in [0.5, 0.6) is 0 Å². The van der Waals surface area contributed by atoms with E-state index in [1.807, 2.05) is 0 Å². The number of ether oxygens (including phenoxy) is 1. The molecule has 1 aromatic rings. The van der Waals surface area contributed by atoms with E-state index < -0.39 is 0 Å². The molecule has 2 aliphatic rings. The highest BCUT2D eigenvalue weighted by atomic mass is 16.5. The van der Waals surface area contributed by atoms with E-state index in [0.717, 1.165) is 24.2 Å². The van der Waals surface area contributed by atoms with Crippen molar-refractivity contribution in [2.75, 3.05) is 6.61 Å². The first-order valence-corrected chi connectivity index (χ1v) is 7.22. The van der Waals surface area contributed by atoms with Crippen LogP contribution >= 0.6 is 0 Å². The first-order chi connectivity index (χ1) is 9.53. The summed E-state index contributed by atoms with van der Waals surface area (Å²) in [5.74, 6) is 0.0707. The number of rotatable bonds is 2. The van der Waals surface area contributed by atoms with Gasteiger partial charge in [0.15, 0.2) is 0 Å². The second kappa shape index (κ2) is 5.18. The van der Waals surface area contributed by atoms with E-state index in [4.69, 9.17) is 4.74 Å². The number of carbonyl (C=O) groups excluding carboxylic acids is 1. The maximum absolute atomic E-state index is 12.4. The van der Waals surface area contributed by atoms with Gasteiger partial charge >= 0.3 is 0 Å². The molecule has 110 valence electrons. The largest absolute Gasteiger partial charge is 0.375 e. The zero-order valence-electron chi connectivity index (χ0n) is 12.0. The van der Waals surface area contributed by atoms with E-state index >= 15 is 0 Å². The molecule has 0 aliphatic carbocycles. The van der Waals surface area contributed by atoms with Crippen molar-refractivity contribution in [3.8, 4) is 0 Å². The van der Waals surface area contributed by atoms with Crippen LogP contribution in [-0.2, 0) is 22.5 Å². The number of amides is 1. The van der Waals surface area contributed by atoms with Crippen molar-refractivity contribution in [1.82, 2.24) is 20.6 Å². The van der Waals surface area contributed by atoms with Crippen LogP contribution < -0.4 is 10.6 Å². The van der Waals surface area contributed by atoms with Gasteiger partial charge in [-0.25, -0.2) is 4.98 Å². The van der Waals surface area contributed by atoms with Crippen LogP contribution in [0.15, 0.2) is 6.33 Å². The maximum atomic E-state index is 12.4. The summed E-state index contributed by atoms with van der Waals surface area (Å²) in [6.45, 7) is 5.52. The lowest BCUT2D eigenvalue weighted by molar-refractivity contribution is -0.126. The number of hydrogen-bond acceptors (Lipinski definition) is 4. The summed E-state index contributed by atoms with van der Waals surface area (Å²) < 4.78 is 5.68. The second-order valence-electron chi connectivity index (χ2n) is 6.27. The van der Waals surface area contributed by atoms with Gasteiger partial charge in [-0.05, 0) is 26.7 Å². The van der Waals surface area contributed by atoms with Crippen molar-refractivity contribution >= 4 is 5.91 Å². The number of carbonyl (C=O) groups is 1. The maximum Gasteiger partial charge on any atom is 0.237 e. The van der Waals surface area contributed by atoms with Gasteiger partial charge in [-0.1, -0.05) is 0 Å². The Hall–Kier alpha value is -1.40. The second-order valence-corrected chi connectivity index (χ2v) is 6.27. The van der Waals surface area contributed by atoms with Gasteiger partial charge in [0.05, 0.1) is 29.4 Å². The van der Waals surface area contributed by atoms with Crippen molar-refractivity contribution in [3.05, 3.63) is 17.7 Å². The smallest absolute Gasteiger partial charge is 0.237 e. The number of aromatic amines is 1. The van der Waals surface area contributed by atoms with Crippen molar-refractivity contribution < 1.29 is 9.53 Å². The van der Waals surface area contributed by atoms with E-state index in [1.54, 1.807) is 6.33 Å². The monoisotopic (exact) mass is 278 g/mol. The Bertz CT molecular complexity index is 497. The fraction of sp³-hybridized carbons (Fsp3) is 0.714. The molecule has 0 spiro atoms. The summed E-state index contributed by atoms with van der Waals surface area (Å²) in [6.07, 6.45) is 4.08. The van der Waals surface area contributed by atoms with E-state index in [-0.39, 0.29) is 23.6 Å². The summed E-state index contributed by atoms with van der Waals surface area (Å²) >= 11 is 0. The normalized spacial score (nSPS) is 28.7. The molecule has 0 aromatic carbocycles. The molecule has 20 heavy (non-hydrogen) atoms. The van der Waals surface area contributed by atoms with Gasteiger partial charge in [-0.3, -0.25) is 10.1 Å². The molecule has 3 N–H and O–H groups in total. The average molecular weight is 278 g/mol. The molecule has 1 fully saturated rings. The molecular formula is C14H22N4O2. The van der Waals surface area contributed by atoms with Crippen molar-refractivity contribution in [3.63, 3.8) is 0 Å². The molecule has 0 radical (unpaired) electrons. The Kier molecular flexibility index (Phi) is 3.52. The van der Waals surface area contributed by atoms with Crippen molar-refractivity contribution in [1.29, 1.82) is 0 Å². The molecule has 0 bridgehead atoms. The Morgan fingerprint density at radius 1 is 1.55 bits per heavy atom. The summed E-state index contributed by atoms with van der Waals surface area (Å²) in [5.41, 5.74) is 1.93. The number of H-pyrrole nitrogens is 1. The summed E-state index contributed by atoms with van der Waals surface area (Å²) in [7, 11) is 0. The number of nitrogens with zero attached hydrogens (tertiary/aromatic N) is 1. The molecule has 6 nitrogen and oxygen atoms in total. The Morgan fingerprint density at radius 2 is 2.40 bits per heavy atom. The lowest BCUT2D eigenvalue weighted by Crippen LogP contribution is -2.53. The first kappa shape index (κ1) is 13.6. The Morgan fingerprint density at radius 3 is 3.20 bits per heavy atom. The number of fused-ring (bicyclic) bond motifs is 1. The highest BCUT2D eigenvalue weighted by Gasteiger charge is 2.32. The molecule has 1 aromatic heterocycles. The predicted molar refractivity (Wildman–Crippen MR) is 74.1 cm³/mol. The van der Waals surface area contributed by atoms with Crippen LogP contribution in [0.3, 0.4) is 0 Å². The van der Waals surface area contributed by atoms with Gasteiger partial charge in [0, 0.05) is 25.6 Å². The molecule has 3 heterocycles. The highest BCUT2D eigenvalue weighted by Crippen LogP contribution is 2.24. The van der Waals surface area contributed by atoms with E-state index in [0.29, 0.717) is 19.6 Å². The van der Waals surface area contributed by atoms with Gasteiger partial charge in [0.25, 0.3) is 0 Å². The van der Waals surface area contributed by atoms with Crippen LogP contribution in [0.1, 0.15) is 38.1 Å². The number of hydrogen-bond donors (Lipinski definition) is 3. The van der Waals surface area contributed by atoms with Crippen LogP contribution in [0.4, 0.5) is 0 Å². The molecule has 1 saturated heterocycles. The standard InChI is InChI=1S/C14H22N4O2/c1-14(2)6-9(3-4-20-14)18-13(19)11-5-10-12(7-15-11)17-8-16-10/h8-9,11,15H,3-7H2,1-2H3,(H,16,17)(H,18,19). The van der Waals surface area contributed by atoms with Crippen LogP contribution in [0.2, 0.25) is 0 Å². The van der Waals surface area contributed by atoms with E-state index in [1.165, 1.54) is 0 Å². The Labute approximate surface area is 118 Å². The summed E-state index contributed by atoms with van der Waals surface area (Å²) in [5, 5.41) is 6.40. The molecule has 0 saturated carbocycles. The lowest BCUT2D eigenvalue weighted by atomic mass is 9.93. The minimum atomic E-state index is -0.184. The topological polar surface area (TPSA) is 79.0 Å². The van der Waals surface area contributed by atoms with Crippen LogP contribution in [0, 0.1) is 0 Å². The van der Waals surface area contributed by atoms with Gasteiger partial charge in [0.2, 0.25) is 5.91 Å². The minimum absolute atomic E-state index is 0.0707. The molecule has 2 aliphatic heterocycles. The fourth-order valence-electron chi connectivity index (χ4n) is 3.01. The zero-order chi connectivity index (χ0) is 14.2. The molecule has 3 rings (SSSR count). The van der Waals surface area contributed by atoms with Gasteiger partial charge in [0.1, 0.15) is 0 Å². The highest BCUT2D eigenvalue weighted by molar-refractivity contribution is 5.82. The number of aromatic nitrogens is 2. The van der Waals surface area contributed by atoms with Gasteiger partial charge in [-0.15, -0.1) is 0 Å². The number of nitrogens with one attached hydrogen (secondary N) is 3. The summed E-state index contributed by atoms with van der Waals surface area (Å²) in [6, 6.07) is 0.0189. The molecule has 2 unspecified atom stereocenters. The number of imidazole rings is 1. The third-order valence-corrected chi connectivity index (χ3v) is 4.09. The molecule has 2 atom stereocenters. The predicted octanol–water partition coefficient (Wildman–Crippen LogP) is 0.498. The van der Waals surface area contributed by atoms with Crippen LogP contribution in [-0.4, -0.2) is 40.2 Å². The zero-order valence-corrected chi connectivity index (χ0v) is 12.0. The fourth-order valence-corrected chi connectivity index (χ4v) is 3.01. The first-order valence-electron chi connectivity index (χ1n) is 7.22. The third kappa shape index (κ3) is 2.86. The lowest BCUT2D eigenvalue weighted by Gasteiger charge is -2.36. The summed E-state index contributed by atoms with van der Waals surface area (Å²) in [4.78, 5) is 19.7. The molecule has 1 amide bonds.